The van der Waals surface area contributed by atoms with Crippen LogP contribution in [0.5, 0.6) is 0 Å². The highest BCUT2D eigenvalue weighted by atomic mass is 16.5. The molecule has 18 heavy (non-hydrogen) atoms. The van der Waals surface area contributed by atoms with E-state index in [1.54, 1.807) is 0 Å². The number of aliphatic hydroxyl groups is 1. The number of rotatable bonds is 0. The lowest BCUT2D eigenvalue weighted by atomic mass is 9.88. The Bertz CT molecular complexity index is 431. The first-order valence-corrected chi connectivity index (χ1v) is 6.41. The maximum Gasteiger partial charge on any atom is 0.334 e. The summed E-state index contributed by atoms with van der Waals surface area (Å²) in [5.74, 6) is -0.259. The van der Waals surface area contributed by atoms with Gasteiger partial charge in [0.2, 0.25) is 0 Å². The Kier molecular flexibility index (Phi) is 3.71. The standard InChI is InChI=1S/C15H20O3/c1-9-4-6-12-11(3)15(17)18-14(12)8-10(2)13(16)7-5-9/h5,8,12-14,16H,3-4,6-7H2,1-2H3/b9-5+,10-8-/t12-,13-,14+/m0/s1. The van der Waals surface area contributed by atoms with Crippen LogP contribution in [-0.4, -0.2) is 23.3 Å². The van der Waals surface area contributed by atoms with E-state index in [1.165, 1.54) is 5.57 Å². The summed E-state index contributed by atoms with van der Waals surface area (Å²) in [7, 11) is 0. The van der Waals surface area contributed by atoms with Crippen molar-refractivity contribution in [2.75, 3.05) is 0 Å². The minimum atomic E-state index is -0.494. The highest BCUT2D eigenvalue weighted by Gasteiger charge is 2.37. The van der Waals surface area contributed by atoms with E-state index in [0.29, 0.717) is 12.0 Å². The van der Waals surface area contributed by atoms with Gasteiger partial charge in [-0.15, -0.1) is 0 Å². The summed E-state index contributed by atoms with van der Waals surface area (Å²) < 4.78 is 5.32. The average molecular weight is 248 g/mol. The fourth-order valence-electron chi connectivity index (χ4n) is 2.47. The second-order valence-electron chi connectivity index (χ2n) is 5.25. The Morgan fingerprint density at radius 2 is 2.17 bits per heavy atom. The number of esters is 1. The molecule has 0 spiro atoms. The predicted octanol–water partition coefficient (Wildman–Crippen LogP) is 2.52. The number of allylic oxidation sites excluding steroid dienone is 1. The van der Waals surface area contributed by atoms with Crippen LogP contribution in [0.4, 0.5) is 0 Å². The third kappa shape index (κ3) is 2.56. The topological polar surface area (TPSA) is 46.5 Å². The van der Waals surface area contributed by atoms with Gasteiger partial charge in [0.15, 0.2) is 0 Å². The summed E-state index contributed by atoms with van der Waals surface area (Å²) in [6, 6.07) is 0. The van der Waals surface area contributed by atoms with Crippen molar-refractivity contribution in [3.8, 4) is 0 Å². The molecule has 0 radical (unpaired) electrons. The molecule has 1 aliphatic carbocycles. The number of ether oxygens (including phenoxy) is 1. The summed E-state index contributed by atoms with van der Waals surface area (Å²) in [5.41, 5.74) is 2.67. The van der Waals surface area contributed by atoms with E-state index in [2.05, 4.69) is 19.6 Å². The van der Waals surface area contributed by atoms with Crippen molar-refractivity contribution in [1.29, 1.82) is 0 Å². The third-order valence-electron chi connectivity index (χ3n) is 3.84. The van der Waals surface area contributed by atoms with Gasteiger partial charge in [0.25, 0.3) is 0 Å². The molecule has 3 nitrogen and oxygen atoms in total. The highest BCUT2D eigenvalue weighted by Crippen LogP contribution is 2.34. The molecule has 0 unspecified atom stereocenters. The maximum atomic E-state index is 11.6. The molecule has 1 fully saturated rings. The minimum Gasteiger partial charge on any atom is -0.454 e. The Labute approximate surface area is 108 Å². The van der Waals surface area contributed by atoms with E-state index < -0.39 is 6.10 Å². The smallest absolute Gasteiger partial charge is 0.334 e. The molecule has 1 N–H and O–H groups in total. The summed E-state index contributed by atoms with van der Waals surface area (Å²) >= 11 is 0. The number of hydrogen-bond donors (Lipinski definition) is 1. The Morgan fingerprint density at radius 3 is 2.89 bits per heavy atom. The molecule has 2 aliphatic rings. The molecule has 1 saturated heterocycles. The predicted molar refractivity (Wildman–Crippen MR) is 69.9 cm³/mol. The van der Waals surface area contributed by atoms with Crippen LogP contribution in [0.3, 0.4) is 0 Å². The first-order valence-electron chi connectivity index (χ1n) is 6.41. The average Bonchev–Trinajstić information content (AvgIpc) is 2.59. The summed E-state index contributed by atoms with van der Waals surface area (Å²) in [5, 5.41) is 9.99. The molecular weight excluding hydrogens is 228 g/mol. The van der Waals surface area contributed by atoms with Crippen molar-refractivity contribution in [2.24, 2.45) is 5.92 Å². The number of aliphatic hydroxyl groups excluding tert-OH is 1. The van der Waals surface area contributed by atoms with Crippen LogP contribution in [-0.2, 0) is 9.53 Å². The Hall–Kier alpha value is -1.35. The molecule has 0 bridgehead atoms. The van der Waals surface area contributed by atoms with Crippen LogP contribution in [0.1, 0.15) is 33.1 Å². The van der Waals surface area contributed by atoms with Gasteiger partial charge >= 0.3 is 5.97 Å². The molecule has 1 heterocycles. The van der Waals surface area contributed by atoms with Gasteiger partial charge in [-0.2, -0.15) is 0 Å². The molecular formula is C15H20O3. The molecule has 0 aromatic rings. The van der Waals surface area contributed by atoms with Crippen LogP contribution in [0.25, 0.3) is 0 Å². The lowest BCUT2D eigenvalue weighted by Gasteiger charge is -2.19. The molecule has 3 atom stereocenters. The third-order valence-corrected chi connectivity index (χ3v) is 3.84. The van der Waals surface area contributed by atoms with Gasteiger partial charge in [-0.1, -0.05) is 18.2 Å². The SMILES string of the molecule is C=C1C(=O)O[C@@H]2/C=C(/C)[C@@H](O)C/C=C(\C)CC[C@@H]12. The minimum absolute atomic E-state index is 0.0427. The zero-order valence-electron chi connectivity index (χ0n) is 11.0. The van der Waals surface area contributed by atoms with Crippen LogP contribution < -0.4 is 0 Å². The second-order valence-corrected chi connectivity index (χ2v) is 5.25. The van der Waals surface area contributed by atoms with Crippen LogP contribution >= 0.6 is 0 Å². The van der Waals surface area contributed by atoms with Crippen molar-refractivity contribution in [2.45, 2.75) is 45.3 Å². The van der Waals surface area contributed by atoms with Crippen LogP contribution in [0.2, 0.25) is 0 Å². The lowest BCUT2D eigenvalue weighted by molar-refractivity contribution is -0.137. The first kappa shape index (κ1) is 13.1. The first-order chi connectivity index (χ1) is 8.49. The summed E-state index contributed by atoms with van der Waals surface area (Å²) in [4.78, 5) is 11.6. The van der Waals surface area contributed by atoms with E-state index in [0.717, 1.165) is 18.4 Å². The second kappa shape index (κ2) is 5.11. The van der Waals surface area contributed by atoms with Gasteiger partial charge in [0.1, 0.15) is 6.10 Å². The molecule has 0 saturated carbocycles. The number of hydrogen-bond acceptors (Lipinski definition) is 3. The van der Waals surface area contributed by atoms with Gasteiger partial charge in [0.05, 0.1) is 6.10 Å². The van der Waals surface area contributed by atoms with E-state index >= 15 is 0 Å². The summed E-state index contributed by atoms with van der Waals surface area (Å²) in [6.45, 7) is 7.76. The van der Waals surface area contributed by atoms with Crippen molar-refractivity contribution in [3.63, 3.8) is 0 Å². The number of fused-ring (bicyclic) bond motifs is 1. The molecule has 0 aromatic carbocycles. The fourth-order valence-corrected chi connectivity index (χ4v) is 2.47. The molecule has 1 aliphatic heterocycles. The Morgan fingerprint density at radius 1 is 1.44 bits per heavy atom. The van der Waals surface area contributed by atoms with Crippen molar-refractivity contribution >= 4 is 5.97 Å². The zero-order chi connectivity index (χ0) is 13.3. The van der Waals surface area contributed by atoms with Crippen LogP contribution in [0.15, 0.2) is 35.5 Å². The lowest BCUT2D eigenvalue weighted by Crippen LogP contribution is -2.18. The van der Waals surface area contributed by atoms with Crippen molar-refractivity contribution in [3.05, 3.63) is 35.5 Å². The molecule has 3 heteroatoms. The van der Waals surface area contributed by atoms with Crippen molar-refractivity contribution < 1.29 is 14.6 Å². The number of carbonyl (C=O) groups excluding carboxylic acids is 1. The van der Waals surface area contributed by atoms with E-state index in [1.807, 2.05) is 13.0 Å². The molecule has 0 amide bonds. The normalized spacial score (nSPS) is 39.2. The maximum absolute atomic E-state index is 11.6. The van der Waals surface area contributed by atoms with Gasteiger partial charge in [-0.3, -0.25) is 0 Å². The van der Waals surface area contributed by atoms with Gasteiger partial charge < -0.3 is 9.84 Å². The van der Waals surface area contributed by atoms with Crippen molar-refractivity contribution in [1.82, 2.24) is 0 Å². The molecule has 0 aromatic heterocycles. The highest BCUT2D eigenvalue weighted by molar-refractivity contribution is 5.91. The van der Waals surface area contributed by atoms with Gasteiger partial charge in [-0.05, 0) is 44.8 Å². The summed E-state index contributed by atoms with van der Waals surface area (Å²) in [6.07, 6.45) is 5.61. The van der Waals surface area contributed by atoms with Crippen LogP contribution in [0, 0.1) is 5.92 Å². The molecule has 98 valence electrons. The zero-order valence-corrected chi connectivity index (χ0v) is 11.0. The van der Waals surface area contributed by atoms with E-state index in [9.17, 15) is 9.90 Å². The number of carbonyl (C=O) groups is 1. The van der Waals surface area contributed by atoms with Gasteiger partial charge in [-0.25, -0.2) is 4.79 Å². The van der Waals surface area contributed by atoms with E-state index in [-0.39, 0.29) is 18.0 Å². The fraction of sp³-hybridized carbons (Fsp3) is 0.533. The largest absolute Gasteiger partial charge is 0.454 e. The quantitative estimate of drug-likeness (QED) is 0.407. The molecule has 2 rings (SSSR count). The van der Waals surface area contributed by atoms with Gasteiger partial charge in [0, 0.05) is 11.5 Å². The van der Waals surface area contributed by atoms with E-state index in [4.69, 9.17) is 4.74 Å². The Balaban J connectivity index is 2.29. The monoisotopic (exact) mass is 248 g/mol.